The summed E-state index contributed by atoms with van der Waals surface area (Å²) in [4.78, 5) is 22.8. The minimum Gasteiger partial charge on any atom is -0.444 e. The summed E-state index contributed by atoms with van der Waals surface area (Å²) in [5.41, 5.74) is 8.33. The molecule has 1 amide bonds. The molecule has 0 atom stereocenters. The summed E-state index contributed by atoms with van der Waals surface area (Å²) in [6.45, 7) is 7.37. The van der Waals surface area contributed by atoms with Gasteiger partial charge < -0.3 is 24.7 Å². The van der Waals surface area contributed by atoms with E-state index in [1.165, 1.54) is 0 Å². The third kappa shape index (κ3) is 4.26. The van der Waals surface area contributed by atoms with Gasteiger partial charge in [0.2, 0.25) is 0 Å². The van der Waals surface area contributed by atoms with Gasteiger partial charge in [0.25, 0.3) is 0 Å². The summed E-state index contributed by atoms with van der Waals surface area (Å²) in [5.74, 6) is 1.42. The van der Waals surface area contributed by atoms with E-state index >= 15 is 0 Å². The summed E-state index contributed by atoms with van der Waals surface area (Å²) in [5, 5.41) is 0. The number of imidazole rings is 1. The molecule has 0 aliphatic carbocycles. The molecule has 0 saturated carbocycles. The number of aryl methyl sites for hydroxylation is 2. The zero-order valence-corrected chi connectivity index (χ0v) is 20.0. The molecule has 10 heteroatoms. The molecule has 0 aromatic carbocycles. The van der Waals surface area contributed by atoms with Crippen LogP contribution in [0.2, 0.25) is 0 Å². The number of rotatable bonds is 5. The quantitative estimate of drug-likeness (QED) is 0.535. The largest absolute Gasteiger partial charge is 0.444 e. The van der Waals surface area contributed by atoms with Crippen molar-refractivity contribution in [3.05, 3.63) is 15.7 Å². The average Bonchev–Trinajstić information content (AvgIpc) is 3.11. The first-order chi connectivity index (χ1) is 14.1. The highest BCUT2D eigenvalue weighted by molar-refractivity contribution is 9.11. The number of hydrogen-bond acceptors (Lipinski definition) is 7. The maximum atomic E-state index is 12.0. The lowest BCUT2D eigenvalue weighted by atomic mass is 10.1. The molecule has 0 unspecified atom stereocenters. The van der Waals surface area contributed by atoms with Gasteiger partial charge in [-0.1, -0.05) is 0 Å². The number of hydrogen-bond donors (Lipinski definition) is 1. The van der Waals surface area contributed by atoms with Gasteiger partial charge in [-0.15, -0.1) is 11.3 Å². The highest BCUT2D eigenvalue weighted by Gasteiger charge is 2.34. The van der Waals surface area contributed by atoms with E-state index in [9.17, 15) is 4.79 Å². The van der Waals surface area contributed by atoms with E-state index < -0.39 is 5.60 Å². The first kappa shape index (κ1) is 21.3. The molecule has 0 bridgehead atoms. The van der Waals surface area contributed by atoms with Crippen molar-refractivity contribution < 1.29 is 14.3 Å². The Morgan fingerprint density at radius 1 is 1.37 bits per heavy atom. The van der Waals surface area contributed by atoms with E-state index in [0.717, 1.165) is 43.7 Å². The smallest absolute Gasteiger partial charge is 0.410 e. The summed E-state index contributed by atoms with van der Waals surface area (Å²) in [6.07, 6.45) is 1.41. The number of ether oxygens (including phenoxy) is 2. The van der Waals surface area contributed by atoms with Crippen molar-refractivity contribution in [2.75, 3.05) is 25.4 Å². The lowest BCUT2D eigenvalue weighted by molar-refractivity contribution is -0.0634. The molecule has 8 nitrogen and oxygen atoms in total. The monoisotopic (exact) mass is 495 g/mol. The lowest BCUT2D eigenvalue weighted by Crippen LogP contribution is -2.55. The Bertz CT molecular complexity index is 1100. The average molecular weight is 496 g/mol. The number of carbonyl (C=O) groups is 1. The second-order valence-corrected chi connectivity index (χ2v) is 11.0. The Balaban J connectivity index is 1.31. The number of carbonyl (C=O) groups excluding carboxylic acids is 1. The summed E-state index contributed by atoms with van der Waals surface area (Å²) < 4.78 is 15.5. The maximum absolute atomic E-state index is 12.0. The van der Waals surface area contributed by atoms with Crippen LogP contribution in [0.3, 0.4) is 0 Å². The highest BCUT2D eigenvalue weighted by atomic mass is 79.9. The highest BCUT2D eigenvalue weighted by Crippen LogP contribution is 2.36. The first-order valence-electron chi connectivity index (χ1n) is 9.91. The molecule has 1 aliphatic rings. The van der Waals surface area contributed by atoms with E-state index in [1.54, 1.807) is 16.2 Å². The molecular formula is C20H26BrN5O3S. The van der Waals surface area contributed by atoms with Gasteiger partial charge in [-0.25, -0.2) is 14.8 Å². The Morgan fingerprint density at radius 3 is 2.80 bits per heavy atom. The Kier molecular flexibility index (Phi) is 5.67. The Morgan fingerprint density at radius 2 is 2.10 bits per heavy atom. The molecule has 4 rings (SSSR count). The molecule has 1 saturated heterocycles. The van der Waals surface area contributed by atoms with Crippen molar-refractivity contribution in [3.8, 4) is 0 Å². The van der Waals surface area contributed by atoms with Crippen molar-refractivity contribution >= 4 is 60.4 Å². The van der Waals surface area contributed by atoms with Crippen LogP contribution >= 0.6 is 27.3 Å². The number of likely N-dealkylation sites (tertiary alicyclic amines) is 1. The Labute approximate surface area is 187 Å². The van der Waals surface area contributed by atoms with Crippen LogP contribution in [0.5, 0.6) is 0 Å². The van der Waals surface area contributed by atoms with Crippen molar-refractivity contribution in [2.24, 2.45) is 7.05 Å². The van der Waals surface area contributed by atoms with Crippen molar-refractivity contribution in [2.45, 2.75) is 45.3 Å². The molecule has 0 spiro atoms. The van der Waals surface area contributed by atoms with Gasteiger partial charge >= 0.3 is 6.09 Å². The van der Waals surface area contributed by atoms with Crippen LogP contribution in [0, 0.1) is 0 Å². The number of nitrogen functional groups attached to an aromatic ring is 1. The number of amides is 1. The predicted octanol–water partition coefficient (Wildman–Crippen LogP) is 4.10. The zero-order chi connectivity index (χ0) is 21.6. The molecule has 0 radical (unpaired) electrons. The summed E-state index contributed by atoms with van der Waals surface area (Å²) in [6, 6.07) is 1.98. The van der Waals surface area contributed by atoms with Crippen molar-refractivity contribution in [3.63, 3.8) is 0 Å². The SMILES string of the molecule is Cn1c(CCCOC2CN(C(=O)OC(C)(C)C)C2)nc2c(N)nc3cc(Br)sc3c21. The van der Waals surface area contributed by atoms with Gasteiger partial charge in [-0.2, -0.15) is 0 Å². The molecule has 1 fully saturated rings. The fraction of sp³-hybridized carbons (Fsp3) is 0.550. The molecule has 162 valence electrons. The number of aromatic nitrogens is 3. The molecule has 4 heterocycles. The van der Waals surface area contributed by atoms with E-state index in [0.29, 0.717) is 25.5 Å². The van der Waals surface area contributed by atoms with E-state index in [2.05, 4.69) is 25.5 Å². The Hall–Kier alpha value is -1.91. The number of pyridine rings is 1. The molecule has 2 N–H and O–H groups in total. The minimum atomic E-state index is -0.474. The van der Waals surface area contributed by atoms with E-state index in [-0.39, 0.29) is 12.2 Å². The second-order valence-electron chi connectivity index (χ2n) is 8.53. The van der Waals surface area contributed by atoms with Gasteiger partial charge in [-0.05, 0) is 49.2 Å². The number of nitrogens with two attached hydrogens (primary N) is 1. The van der Waals surface area contributed by atoms with Crippen molar-refractivity contribution in [1.82, 2.24) is 19.4 Å². The third-order valence-electron chi connectivity index (χ3n) is 4.97. The minimum absolute atomic E-state index is 0.0703. The summed E-state index contributed by atoms with van der Waals surface area (Å²) in [7, 11) is 2.02. The van der Waals surface area contributed by atoms with Crippen LogP contribution in [0.4, 0.5) is 10.6 Å². The molecule has 3 aromatic heterocycles. The number of anilines is 1. The predicted molar refractivity (Wildman–Crippen MR) is 122 cm³/mol. The standard InChI is InChI=1S/C20H26BrN5O3S/c1-20(2,3)29-19(27)26-9-11(10-26)28-7-5-6-14-24-15-16(25(14)4)17-12(23-18(15)22)8-13(21)30-17/h8,11H,5-7,9-10H2,1-4H3,(H2,22,23). The fourth-order valence-electron chi connectivity index (χ4n) is 3.49. The normalized spacial score (nSPS) is 15.2. The van der Waals surface area contributed by atoms with Gasteiger partial charge in [-0.3, -0.25) is 0 Å². The number of fused-ring (bicyclic) bond motifs is 3. The van der Waals surface area contributed by atoms with Crippen LogP contribution in [0.25, 0.3) is 21.3 Å². The van der Waals surface area contributed by atoms with Gasteiger partial charge in [0.05, 0.1) is 38.7 Å². The fourth-order valence-corrected chi connectivity index (χ4v) is 5.10. The van der Waals surface area contributed by atoms with Crippen LogP contribution in [0.1, 0.15) is 33.0 Å². The second kappa shape index (κ2) is 7.97. The van der Waals surface area contributed by atoms with Gasteiger partial charge in [0, 0.05) is 20.1 Å². The molecule has 1 aliphatic heterocycles. The van der Waals surface area contributed by atoms with Crippen LogP contribution < -0.4 is 5.73 Å². The van der Waals surface area contributed by atoms with E-state index in [4.69, 9.17) is 20.2 Å². The van der Waals surface area contributed by atoms with Crippen LogP contribution in [-0.2, 0) is 22.9 Å². The third-order valence-corrected chi connectivity index (χ3v) is 6.60. The number of nitrogens with zero attached hydrogens (tertiary/aromatic N) is 4. The molecular weight excluding hydrogens is 470 g/mol. The van der Waals surface area contributed by atoms with Gasteiger partial charge in [0.15, 0.2) is 5.82 Å². The maximum Gasteiger partial charge on any atom is 0.410 e. The van der Waals surface area contributed by atoms with Crippen LogP contribution in [-0.4, -0.2) is 56.9 Å². The molecule has 3 aromatic rings. The first-order valence-corrected chi connectivity index (χ1v) is 11.5. The van der Waals surface area contributed by atoms with E-state index in [1.807, 2.05) is 33.9 Å². The van der Waals surface area contributed by atoms with Crippen LogP contribution in [0.15, 0.2) is 9.85 Å². The summed E-state index contributed by atoms with van der Waals surface area (Å²) >= 11 is 5.17. The topological polar surface area (TPSA) is 95.5 Å². The zero-order valence-electron chi connectivity index (χ0n) is 17.6. The van der Waals surface area contributed by atoms with Crippen molar-refractivity contribution in [1.29, 1.82) is 0 Å². The molecule has 30 heavy (non-hydrogen) atoms. The number of halogens is 1. The van der Waals surface area contributed by atoms with Gasteiger partial charge in [0.1, 0.15) is 16.9 Å². The number of thiophene rings is 1. The lowest BCUT2D eigenvalue weighted by Gasteiger charge is -2.39.